The van der Waals surface area contributed by atoms with Gasteiger partial charge in [0.05, 0.1) is 12.2 Å². The number of hydrogen-bond donors (Lipinski definition) is 2. The summed E-state index contributed by atoms with van der Waals surface area (Å²) in [4.78, 5) is 0. The molecule has 2 N–H and O–H groups in total. The summed E-state index contributed by atoms with van der Waals surface area (Å²) in [6.07, 6.45) is 0.558. The lowest BCUT2D eigenvalue weighted by molar-refractivity contribution is 0.0231. The molecular weight excluding hydrogens is 128 g/mol. The summed E-state index contributed by atoms with van der Waals surface area (Å²) in [6.45, 7) is 5.83. The van der Waals surface area contributed by atoms with Crippen LogP contribution in [0, 0.1) is 5.92 Å². The number of aliphatic hydroxyl groups is 2. The second-order valence-corrected chi connectivity index (χ2v) is 3.28. The van der Waals surface area contributed by atoms with Crippen LogP contribution >= 0.6 is 0 Å². The summed E-state index contributed by atoms with van der Waals surface area (Å²) in [5.74, 6) is 0.605. The first-order chi connectivity index (χ1) is 4.54. The topological polar surface area (TPSA) is 40.5 Å². The van der Waals surface area contributed by atoms with Crippen LogP contribution in [0.3, 0.4) is 0 Å². The minimum atomic E-state index is -0.584. The monoisotopic (exact) mass is 146 g/mol. The van der Waals surface area contributed by atoms with E-state index >= 15 is 0 Å². The van der Waals surface area contributed by atoms with E-state index in [4.69, 9.17) is 10.2 Å². The molecule has 0 aromatic heterocycles. The van der Waals surface area contributed by atoms with Crippen LogP contribution < -0.4 is 0 Å². The molecule has 0 aromatic carbocycles. The number of aliphatic hydroxyl groups excluding tert-OH is 2. The average Bonchev–Trinajstić information content (AvgIpc) is 1.82. The Balaban J connectivity index is 3.30. The Hall–Kier alpha value is -0.0800. The largest absolute Gasteiger partial charge is 0.391 e. The molecule has 0 fully saturated rings. The Labute approximate surface area is 62.9 Å². The molecule has 0 aliphatic rings. The Bertz CT molecular complexity index is 79.3. The van der Waals surface area contributed by atoms with Crippen LogP contribution in [-0.2, 0) is 0 Å². The summed E-state index contributed by atoms with van der Waals surface area (Å²) < 4.78 is 0. The second-order valence-electron chi connectivity index (χ2n) is 3.28. The Morgan fingerprint density at radius 1 is 1.00 bits per heavy atom. The summed E-state index contributed by atoms with van der Waals surface area (Å²) >= 11 is 0. The SMILES string of the molecule is CC(C)CC[C@@H](O)C(C)O. The van der Waals surface area contributed by atoms with Crippen molar-refractivity contribution >= 4 is 0 Å². The van der Waals surface area contributed by atoms with Crippen molar-refractivity contribution in [3.63, 3.8) is 0 Å². The average molecular weight is 146 g/mol. The molecule has 0 aliphatic heterocycles. The molecule has 0 amide bonds. The second kappa shape index (κ2) is 4.69. The summed E-state index contributed by atoms with van der Waals surface area (Å²) in [5.41, 5.74) is 0. The van der Waals surface area contributed by atoms with Crippen molar-refractivity contribution in [2.45, 2.75) is 45.8 Å². The van der Waals surface area contributed by atoms with E-state index in [1.807, 2.05) is 0 Å². The lowest BCUT2D eigenvalue weighted by Gasteiger charge is -2.13. The third kappa shape index (κ3) is 4.77. The fraction of sp³-hybridized carbons (Fsp3) is 1.00. The van der Waals surface area contributed by atoms with E-state index in [0.717, 1.165) is 6.42 Å². The van der Waals surface area contributed by atoms with Crippen molar-refractivity contribution in [1.29, 1.82) is 0 Å². The van der Waals surface area contributed by atoms with Crippen LogP contribution in [0.4, 0.5) is 0 Å². The molecule has 0 spiro atoms. The number of rotatable bonds is 4. The lowest BCUT2D eigenvalue weighted by Crippen LogP contribution is -2.22. The highest BCUT2D eigenvalue weighted by molar-refractivity contribution is 4.62. The molecule has 2 heteroatoms. The van der Waals surface area contributed by atoms with E-state index in [2.05, 4.69) is 13.8 Å². The molecule has 0 rings (SSSR count). The van der Waals surface area contributed by atoms with Crippen LogP contribution in [0.2, 0.25) is 0 Å². The maximum Gasteiger partial charge on any atom is 0.0796 e. The fourth-order valence-corrected chi connectivity index (χ4v) is 0.745. The van der Waals surface area contributed by atoms with Crippen molar-refractivity contribution in [3.8, 4) is 0 Å². The Kier molecular flexibility index (Phi) is 4.65. The van der Waals surface area contributed by atoms with Gasteiger partial charge in [-0.2, -0.15) is 0 Å². The molecule has 10 heavy (non-hydrogen) atoms. The quantitative estimate of drug-likeness (QED) is 0.625. The van der Waals surface area contributed by atoms with E-state index < -0.39 is 12.2 Å². The molecule has 0 aromatic rings. The highest BCUT2D eigenvalue weighted by Crippen LogP contribution is 2.08. The molecule has 2 atom stereocenters. The van der Waals surface area contributed by atoms with Crippen molar-refractivity contribution in [2.75, 3.05) is 0 Å². The highest BCUT2D eigenvalue weighted by Gasteiger charge is 2.10. The smallest absolute Gasteiger partial charge is 0.0796 e. The molecule has 0 heterocycles. The van der Waals surface area contributed by atoms with Gasteiger partial charge in [-0.1, -0.05) is 13.8 Å². The summed E-state index contributed by atoms with van der Waals surface area (Å²) in [6, 6.07) is 0. The van der Waals surface area contributed by atoms with Crippen LogP contribution in [0.25, 0.3) is 0 Å². The Morgan fingerprint density at radius 3 is 1.80 bits per heavy atom. The lowest BCUT2D eigenvalue weighted by atomic mass is 10.0. The van der Waals surface area contributed by atoms with Gasteiger partial charge in [-0.15, -0.1) is 0 Å². The molecular formula is C8H18O2. The molecule has 0 saturated heterocycles. The van der Waals surface area contributed by atoms with Crippen LogP contribution in [-0.4, -0.2) is 22.4 Å². The molecule has 0 saturated carbocycles. The van der Waals surface area contributed by atoms with Gasteiger partial charge in [-0.05, 0) is 25.7 Å². The van der Waals surface area contributed by atoms with Gasteiger partial charge in [0.15, 0.2) is 0 Å². The third-order valence-electron chi connectivity index (χ3n) is 1.60. The zero-order valence-corrected chi connectivity index (χ0v) is 7.04. The maximum atomic E-state index is 9.13. The normalized spacial score (nSPS) is 17.4. The van der Waals surface area contributed by atoms with Crippen LogP contribution in [0.1, 0.15) is 33.6 Å². The third-order valence-corrected chi connectivity index (χ3v) is 1.60. The first-order valence-electron chi connectivity index (χ1n) is 3.90. The minimum Gasteiger partial charge on any atom is -0.391 e. The van der Waals surface area contributed by atoms with E-state index in [0.29, 0.717) is 12.3 Å². The van der Waals surface area contributed by atoms with E-state index in [1.54, 1.807) is 6.92 Å². The Morgan fingerprint density at radius 2 is 1.50 bits per heavy atom. The van der Waals surface area contributed by atoms with Crippen molar-refractivity contribution in [1.82, 2.24) is 0 Å². The van der Waals surface area contributed by atoms with Crippen molar-refractivity contribution in [2.24, 2.45) is 5.92 Å². The van der Waals surface area contributed by atoms with Crippen molar-refractivity contribution in [3.05, 3.63) is 0 Å². The first-order valence-corrected chi connectivity index (χ1v) is 3.90. The minimum absolute atomic E-state index is 0.539. The number of hydrogen-bond acceptors (Lipinski definition) is 2. The summed E-state index contributed by atoms with van der Waals surface area (Å²) in [7, 11) is 0. The predicted molar refractivity (Wildman–Crippen MR) is 41.8 cm³/mol. The predicted octanol–water partition coefficient (Wildman–Crippen LogP) is 1.16. The van der Waals surface area contributed by atoms with Gasteiger partial charge < -0.3 is 10.2 Å². The molecule has 0 radical (unpaired) electrons. The molecule has 0 bridgehead atoms. The van der Waals surface area contributed by atoms with Crippen LogP contribution in [0.5, 0.6) is 0 Å². The molecule has 1 unspecified atom stereocenters. The summed E-state index contributed by atoms with van der Waals surface area (Å²) in [5, 5.41) is 18.0. The van der Waals surface area contributed by atoms with Gasteiger partial charge in [-0.25, -0.2) is 0 Å². The molecule has 62 valence electrons. The van der Waals surface area contributed by atoms with Gasteiger partial charge >= 0.3 is 0 Å². The first kappa shape index (κ1) is 9.92. The van der Waals surface area contributed by atoms with Gasteiger partial charge in [0.1, 0.15) is 0 Å². The fourth-order valence-electron chi connectivity index (χ4n) is 0.745. The standard InChI is InChI=1S/C8H18O2/c1-6(2)4-5-8(10)7(3)9/h6-10H,4-5H2,1-3H3/t7?,8-/m1/s1. The zero-order chi connectivity index (χ0) is 8.15. The maximum absolute atomic E-state index is 9.13. The van der Waals surface area contributed by atoms with E-state index in [-0.39, 0.29) is 0 Å². The van der Waals surface area contributed by atoms with E-state index in [1.165, 1.54) is 0 Å². The van der Waals surface area contributed by atoms with Crippen LogP contribution in [0.15, 0.2) is 0 Å². The van der Waals surface area contributed by atoms with E-state index in [9.17, 15) is 0 Å². The van der Waals surface area contributed by atoms with Gasteiger partial charge in [-0.3, -0.25) is 0 Å². The van der Waals surface area contributed by atoms with Gasteiger partial charge in [0.25, 0.3) is 0 Å². The molecule has 0 aliphatic carbocycles. The van der Waals surface area contributed by atoms with Crippen molar-refractivity contribution < 1.29 is 10.2 Å². The van der Waals surface area contributed by atoms with Gasteiger partial charge in [0, 0.05) is 0 Å². The highest BCUT2D eigenvalue weighted by atomic mass is 16.3. The zero-order valence-electron chi connectivity index (χ0n) is 7.04. The molecule has 2 nitrogen and oxygen atoms in total. The van der Waals surface area contributed by atoms with Gasteiger partial charge in [0.2, 0.25) is 0 Å².